The van der Waals surface area contributed by atoms with E-state index in [2.05, 4.69) is 10.1 Å². The highest BCUT2D eigenvalue weighted by Crippen LogP contribution is 2.25. The third-order valence-electron chi connectivity index (χ3n) is 2.21. The Morgan fingerprint density at radius 2 is 2.22 bits per heavy atom. The molecule has 0 fully saturated rings. The van der Waals surface area contributed by atoms with Gasteiger partial charge < -0.3 is 14.9 Å². The van der Waals surface area contributed by atoms with Gasteiger partial charge in [-0.05, 0) is 40.6 Å². The second-order valence-corrected chi connectivity index (χ2v) is 4.00. The summed E-state index contributed by atoms with van der Waals surface area (Å²) in [6.07, 6.45) is 0. The van der Waals surface area contributed by atoms with Crippen molar-refractivity contribution in [1.82, 2.24) is 14.8 Å². The fourth-order valence-electron chi connectivity index (χ4n) is 1.31. The van der Waals surface area contributed by atoms with Gasteiger partial charge in [-0.2, -0.15) is 0 Å². The molecule has 0 unspecified atom stereocenters. The van der Waals surface area contributed by atoms with Gasteiger partial charge in [-0.1, -0.05) is 11.6 Å². The van der Waals surface area contributed by atoms with Gasteiger partial charge in [-0.15, -0.1) is 4.68 Å². The van der Waals surface area contributed by atoms with Crippen LogP contribution in [0.4, 0.5) is 5.95 Å². The van der Waals surface area contributed by atoms with Crippen LogP contribution in [0.15, 0.2) is 18.2 Å². The minimum atomic E-state index is -0.681. The maximum absolute atomic E-state index is 10.5. The Labute approximate surface area is 107 Å². The summed E-state index contributed by atoms with van der Waals surface area (Å²) in [5.74, 6) is -0.0134. The number of hydrogen-bond donors (Lipinski definition) is 0. The van der Waals surface area contributed by atoms with E-state index in [1.807, 2.05) is 6.92 Å². The lowest BCUT2D eigenvalue weighted by molar-refractivity contribution is -0.394. The third-order valence-corrected chi connectivity index (χ3v) is 2.64. The lowest BCUT2D eigenvalue weighted by Gasteiger charge is -2.02. The van der Waals surface area contributed by atoms with Crippen LogP contribution >= 0.6 is 11.6 Å². The number of aryl methyl sites for hydroxylation is 2. The van der Waals surface area contributed by atoms with Crippen molar-refractivity contribution in [3.05, 3.63) is 38.9 Å². The maximum Gasteiger partial charge on any atom is 0.494 e. The molecule has 0 aliphatic carbocycles. The molecular weight excluding hydrogens is 260 g/mol. The molecule has 0 bridgehead atoms. The second kappa shape index (κ2) is 4.61. The Morgan fingerprint density at radius 3 is 2.78 bits per heavy atom. The number of nitro groups is 1. The van der Waals surface area contributed by atoms with Gasteiger partial charge in [0.1, 0.15) is 5.75 Å². The van der Waals surface area contributed by atoms with E-state index in [0.717, 1.165) is 5.56 Å². The lowest BCUT2D eigenvalue weighted by Crippen LogP contribution is -1.96. The highest BCUT2D eigenvalue weighted by Gasteiger charge is 2.21. The number of aromatic nitrogens is 3. The molecule has 0 atom stereocenters. The second-order valence-electron chi connectivity index (χ2n) is 3.59. The topological polar surface area (TPSA) is 83.1 Å². The molecule has 94 valence electrons. The molecule has 1 aromatic carbocycles. The first-order valence-electron chi connectivity index (χ1n) is 4.97. The monoisotopic (exact) mass is 268 g/mol. The van der Waals surface area contributed by atoms with Gasteiger partial charge in [0, 0.05) is 10.1 Å². The van der Waals surface area contributed by atoms with E-state index in [4.69, 9.17) is 16.3 Å². The molecule has 2 aromatic rings. The SMILES string of the molecule is Cc1cc(Oc2nc([N+](=O)[O-])nn2C)ccc1Cl. The third kappa shape index (κ3) is 2.40. The zero-order chi connectivity index (χ0) is 13.3. The van der Waals surface area contributed by atoms with E-state index < -0.39 is 10.9 Å². The summed E-state index contributed by atoms with van der Waals surface area (Å²) in [4.78, 5) is 13.5. The molecule has 7 nitrogen and oxygen atoms in total. The van der Waals surface area contributed by atoms with E-state index in [0.29, 0.717) is 10.8 Å². The quantitative estimate of drug-likeness (QED) is 0.631. The minimum Gasteiger partial charge on any atom is -0.411 e. The van der Waals surface area contributed by atoms with Crippen LogP contribution in [0.1, 0.15) is 5.56 Å². The predicted octanol–water partition coefficient (Wildman–Crippen LogP) is 2.48. The number of nitrogens with zero attached hydrogens (tertiary/aromatic N) is 4. The Hall–Kier alpha value is -2.15. The van der Waals surface area contributed by atoms with E-state index >= 15 is 0 Å². The van der Waals surface area contributed by atoms with Crippen molar-refractivity contribution in [2.75, 3.05) is 0 Å². The molecule has 0 amide bonds. The van der Waals surface area contributed by atoms with E-state index in [9.17, 15) is 10.1 Å². The summed E-state index contributed by atoms with van der Waals surface area (Å²) in [6, 6.07) is 5.08. The van der Waals surface area contributed by atoms with Crippen molar-refractivity contribution in [1.29, 1.82) is 0 Å². The van der Waals surface area contributed by atoms with Crippen LogP contribution in [0, 0.1) is 17.0 Å². The average Bonchev–Trinajstić information content (AvgIpc) is 2.66. The van der Waals surface area contributed by atoms with Crippen molar-refractivity contribution >= 4 is 17.5 Å². The summed E-state index contributed by atoms with van der Waals surface area (Å²) in [5.41, 5.74) is 0.839. The van der Waals surface area contributed by atoms with Crippen molar-refractivity contribution in [2.24, 2.45) is 7.05 Å². The summed E-state index contributed by atoms with van der Waals surface area (Å²) in [7, 11) is 1.51. The van der Waals surface area contributed by atoms with E-state index in [1.165, 1.54) is 11.7 Å². The Kier molecular flexibility index (Phi) is 3.15. The minimum absolute atomic E-state index is 0.0448. The summed E-state index contributed by atoms with van der Waals surface area (Å²) in [5, 5.41) is 14.7. The average molecular weight is 269 g/mol. The first kappa shape index (κ1) is 12.3. The molecule has 1 heterocycles. The van der Waals surface area contributed by atoms with Crippen LogP contribution in [0.25, 0.3) is 0 Å². The molecule has 1 aromatic heterocycles. The highest BCUT2D eigenvalue weighted by atomic mass is 35.5. The molecule has 8 heteroatoms. The smallest absolute Gasteiger partial charge is 0.411 e. The van der Waals surface area contributed by atoms with Gasteiger partial charge in [-0.3, -0.25) is 0 Å². The molecule has 0 saturated heterocycles. The summed E-state index contributed by atoms with van der Waals surface area (Å²) in [6.45, 7) is 1.83. The predicted molar refractivity (Wildman–Crippen MR) is 63.9 cm³/mol. The molecule has 0 N–H and O–H groups in total. The van der Waals surface area contributed by atoms with Crippen LogP contribution in [0.2, 0.25) is 5.02 Å². The number of hydrogen-bond acceptors (Lipinski definition) is 5. The normalized spacial score (nSPS) is 10.4. The van der Waals surface area contributed by atoms with Gasteiger partial charge in [-0.25, -0.2) is 0 Å². The van der Waals surface area contributed by atoms with Crippen molar-refractivity contribution in [3.63, 3.8) is 0 Å². The molecule has 2 rings (SSSR count). The number of ether oxygens (including phenoxy) is 1. The molecular formula is C10H9ClN4O3. The fraction of sp³-hybridized carbons (Fsp3) is 0.200. The Balaban J connectivity index is 2.28. The van der Waals surface area contributed by atoms with E-state index in [-0.39, 0.29) is 6.01 Å². The Bertz CT molecular complexity index is 611. The molecule has 0 spiro atoms. The van der Waals surface area contributed by atoms with Crippen LogP contribution in [-0.4, -0.2) is 19.7 Å². The number of rotatable bonds is 3. The largest absolute Gasteiger partial charge is 0.494 e. The molecule has 0 radical (unpaired) electrons. The van der Waals surface area contributed by atoms with Crippen molar-refractivity contribution < 1.29 is 9.66 Å². The highest BCUT2D eigenvalue weighted by molar-refractivity contribution is 6.31. The first-order chi connectivity index (χ1) is 8.47. The zero-order valence-corrected chi connectivity index (χ0v) is 10.4. The number of benzene rings is 1. The maximum atomic E-state index is 10.5. The van der Waals surface area contributed by atoms with Crippen molar-refractivity contribution in [2.45, 2.75) is 6.92 Å². The van der Waals surface area contributed by atoms with Gasteiger partial charge in [0.05, 0.1) is 7.05 Å². The first-order valence-corrected chi connectivity index (χ1v) is 5.34. The van der Waals surface area contributed by atoms with Gasteiger partial charge in [0.25, 0.3) is 0 Å². The standard InChI is InChI=1S/C10H9ClN4O3/c1-6-5-7(3-4-8(6)11)18-10-12-9(15(16)17)13-14(10)2/h3-5H,1-2H3. The van der Waals surface area contributed by atoms with E-state index in [1.54, 1.807) is 18.2 Å². The van der Waals surface area contributed by atoms with Gasteiger partial charge in [0.2, 0.25) is 0 Å². The Morgan fingerprint density at radius 1 is 1.50 bits per heavy atom. The van der Waals surface area contributed by atoms with Crippen molar-refractivity contribution in [3.8, 4) is 11.8 Å². The molecule has 0 aliphatic heterocycles. The number of halogens is 1. The van der Waals surface area contributed by atoms with Crippen LogP contribution < -0.4 is 4.74 Å². The zero-order valence-electron chi connectivity index (χ0n) is 9.62. The lowest BCUT2D eigenvalue weighted by atomic mass is 10.2. The van der Waals surface area contributed by atoms with Gasteiger partial charge >= 0.3 is 12.0 Å². The summed E-state index contributed by atoms with van der Waals surface area (Å²) >= 11 is 5.88. The van der Waals surface area contributed by atoms with Crippen LogP contribution in [0.3, 0.4) is 0 Å². The van der Waals surface area contributed by atoms with Crippen LogP contribution in [0.5, 0.6) is 11.8 Å². The van der Waals surface area contributed by atoms with Gasteiger partial charge in [0.15, 0.2) is 0 Å². The molecule has 0 aliphatic rings. The van der Waals surface area contributed by atoms with Crippen LogP contribution in [-0.2, 0) is 7.05 Å². The molecule has 18 heavy (non-hydrogen) atoms. The molecule has 0 saturated carbocycles. The summed E-state index contributed by atoms with van der Waals surface area (Å²) < 4.78 is 6.60. The fourth-order valence-corrected chi connectivity index (χ4v) is 1.43.